The highest BCUT2D eigenvalue weighted by atomic mass is 32.1. The van der Waals surface area contributed by atoms with E-state index in [1.165, 1.54) is 4.90 Å². The van der Waals surface area contributed by atoms with E-state index in [-0.39, 0.29) is 23.8 Å². The van der Waals surface area contributed by atoms with Gasteiger partial charge in [-0.15, -0.1) is 11.3 Å². The average molecular weight is 792 g/mol. The molecule has 3 heterocycles. The highest BCUT2D eigenvalue weighted by molar-refractivity contribution is 7.10. The second-order valence-electron chi connectivity index (χ2n) is 16.4. The first-order chi connectivity index (χ1) is 27.0. The molecule has 12 nitrogen and oxygen atoms in total. The molecule has 2 aliphatic heterocycles. The zero-order valence-electron chi connectivity index (χ0n) is 33.8. The predicted octanol–water partition coefficient (Wildman–Crippen LogP) is 7.11. The van der Waals surface area contributed by atoms with Gasteiger partial charge in [-0.3, -0.25) is 14.5 Å². The number of likely N-dealkylation sites (N-methyl/N-ethyl adjacent to an activating group) is 1. The quantitative estimate of drug-likeness (QED) is 0.155. The number of rotatable bonds is 15. The predicted molar refractivity (Wildman–Crippen MR) is 219 cm³/mol. The largest absolute Gasteiger partial charge is 0.491 e. The van der Waals surface area contributed by atoms with Gasteiger partial charge >= 0.3 is 6.09 Å². The normalized spacial score (nSPS) is 19.4. The van der Waals surface area contributed by atoms with Gasteiger partial charge in [-0.1, -0.05) is 43.5 Å². The highest BCUT2D eigenvalue weighted by Gasteiger charge is 2.41. The number of ether oxygens (including phenoxy) is 4. The van der Waals surface area contributed by atoms with Crippen molar-refractivity contribution < 1.29 is 33.3 Å². The number of amides is 3. The first-order valence-electron chi connectivity index (χ1n) is 20.6. The molecule has 0 bridgehead atoms. The number of carbonyl (C=O) groups is 3. The van der Waals surface area contributed by atoms with Gasteiger partial charge in [-0.05, 0) is 103 Å². The lowest BCUT2D eigenvalue weighted by Crippen LogP contribution is -2.56. The lowest BCUT2D eigenvalue weighted by molar-refractivity contribution is -0.140. The van der Waals surface area contributed by atoms with Crippen LogP contribution in [0.3, 0.4) is 0 Å². The van der Waals surface area contributed by atoms with Crippen molar-refractivity contribution in [3.05, 3.63) is 46.8 Å². The lowest BCUT2D eigenvalue weighted by atomic mass is 9.83. The van der Waals surface area contributed by atoms with Crippen LogP contribution in [0, 0.1) is 5.92 Å². The molecule has 1 saturated carbocycles. The van der Waals surface area contributed by atoms with Crippen molar-refractivity contribution >= 4 is 40.0 Å². The van der Waals surface area contributed by atoms with E-state index >= 15 is 0 Å². The van der Waals surface area contributed by atoms with Crippen molar-refractivity contribution in [1.82, 2.24) is 25.4 Å². The minimum atomic E-state index is -0.811. The van der Waals surface area contributed by atoms with Crippen molar-refractivity contribution in [3.63, 3.8) is 0 Å². The third kappa shape index (κ3) is 10.8. The first-order valence-corrected chi connectivity index (χ1v) is 21.4. The second-order valence-corrected chi connectivity index (χ2v) is 17.2. The van der Waals surface area contributed by atoms with Gasteiger partial charge in [0.1, 0.15) is 35.0 Å². The van der Waals surface area contributed by atoms with Gasteiger partial charge in [-0.25, -0.2) is 9.78 Å². The molecule has 13 heteroatoms. The number of likely N-dealkylation sites (tertiary alicyclic amines) is 1. The van der Waals surface area contributed by atoms with Gasteiger partial charge in [0, 0.05) is 29.9 Å². The van der Waals surface area contributed by atoms with Crippen LogP contribution in [0.5, 0.6) is 5.75 Å². The van der Waals surface area contributed by atoms with Crippen molar-refractivity contribution in [2.45, 2.75) is 115 Å². The number of hydrogen-bond donors (Lipinski definition) is 2. The van der Waals surface area contributed by atoms with Crippen molar-refractivity contribution in [3.8, 4) is 17.0 Å². The summed E-state index contributed by atoms with van der Waals surface area (Å²) in [5.74, 6) is 0.398. The molecule has 1 aromatic heterocycles. The summed E-state index contributed by atoms with van der Waals surface area (Å²) in [4.78, 5) is 49.4. The molecule has 3 amide bonds. The third-order valence-corrected chi connectivity index (χ3v) is 12.1. The third-order valence-electron chi connectivity index (χ3n) is 11.2. The van der Waals surface area contributed by atoms with Crippen molar-refractivity contribution in [2.24, 2.45) is 5.92 Å². The van der Waals surface area contributed by atoms with Crippen LogP contribution in [0.2, 0.25) is 0 Å². The van der Waals surface area contributed by atoms with E-state index in [2.05, 4.69) is 34.2 Å². The fraction of sp³-hybridized carbons (Fsp3) is 0.628. The molecule has 3 atom stereocenters. The summed E-state index contributed by atoms with van der Waals surface area (Å²) in [5, 5.41) is 11.5. The Morgan fingerprint density at radius 3 is 2.43 bits per heavy atom. The van der Waals surface area contributed by atoms with Gasteiger partial charge in [0.05, 0.1) is 37.7 Å². The summed E-state index contributed by atoms with van der Waals surface area (Å²) in [5.41, 5.74) is 1.18. The van der Waals surface area contributed by atoms with Gasteiger partial charge in [-0.2, -0.15) is 0 Å². The summed E-state index contributed by atoms with van der Waals surface area (Å²) in [6, 6.07) is 10.6. The molecule has 2 saturated heterocycles. The van der Waals surface area contributed by atoms with Crippen LogP contribution in [0.25, 0.3) is 22.0 Å². The number of nitrogens with one attached hydrogen (secondary N) is 2. The topological polar surface area (TPSA) is 132 Å². The van der Waals surface area contributed by atoms with Gasteiger partial charge < -0.3 is 34.5 Å². The smallest absolute Gasteiger partial charge is 0.410 e. The highest BCUT2D eigenvalue weighted by Crippen LogP contribution is 2.40. The Kier molecular flexibility index (Phi) is 14.6. The Labute approximate surface area is 336 Å². The van der Waals surface area contributed by atoms with Gasteiger partial charge in [0.15, 0.2) is 0 Å². The molecule has 0 spiro atoms. The zero-order valence-corrected chi connectivity index (χ0v) is 34.7. The number of nitrogens with zero attached hydrogens (tertiary/aromatic N) is 3. The fourth-order valence-corrected chi connectivity index (χ4v) is 8.96. The Bertz CT molecular complexity index is 1770. The van der Waals surface area contributed by atoms with E-state index in [0.29, 0.717) is 39.1 Å². The van der Waals surface area contributed by atoms with Crippen LogP contribution >= 0.6 is 11.3 Å². The number of piperidine rings is 1. The van der Waals surface area contributed by atoms with Crippen molar-refractivity contribution in [1.29, 1.82) is 0 Å². The maximum atomic E-state index is 14.5. The molecule has 3 fully saturated rings. The fourth-order valence-electron chi connectivity index (χ4n) is 7.99. The van der Waals surface area contributed by atoms with Gasteiger partial charge in [0.25, 0.3) is 0 Å². The molecule has 2 N–H and O–H groups in total. The molecule has 306 valence electrons. The molecular formula is C43H61N5O7S. The van der Waals surface area contributed by atoms with E-state index in [1.54, 1.807) is 46.1 Å². The van der Waals surface area contributed by atoms with E-state index in [4.69, 9.17) is 23.9 Å². The number of fused-ring (bicyclic) bond motifs is 1. The van der Waals surface area contributed by atoms with Crippen LogP contribution in [0.15, 0.2) is 41.8 Å². The van der Waals surface area contributed by atoms with E-state index in [0.717, 1.165) is 104 Å². The Balaban J connectivity index is 1.11. The maximum absolute atomic E-state index is 14.5. The minimum absolute atomic E-state index is 0.0317. The number of thiazole rings is 1. The molecule has 1 aliphatic carbocycles. The van der Waals surface area contributed by atoms with E-state index < -0.39 is 23.8 Å². The maximum Gasteiger partial charge on any atom is 0.410 e. The summed E-state index contributed by atoms with van der Waals surface area (Å²) in [6.45, 7) is 11.7. The molecule has 56 heavy (non-hydrogen) atoms. The summed E-state index contributed by atoms with van der Waals surface area (Å²) >= 11 is 1.57. The number of carbonyl (C=O) groups excluding carboxylic acids is 3. The Hall–Kier alpha value is -3.78. The first kappa shape index (κ1) is 41.8. The molecular weight excluding hydrogens is 731 g/mol. The SMILES string of the molecule is CC(C(=O)NC(C(=O)N1CCC[C@H]1c1nc(-c2ccc(OCCOCCOC3CCNCC3)c3ccccc23)cs1)C1CCCCC1)N(C)C(=O)OC(C)(C)C. The monoisotopic (exact) mass is 791 g/mol. The van der Waals surface area contributed by atoms with E-state index in [1.807, 2.05) is 23.1 Å². The number of hydrogen-bond acceptors (Lipinski definition) is 10. The van der Waals surface area contributed by atoms with Crippen LogP contribution in [0.4, 0.5) is 4.79 Å². The lowest BCUT2D eigenvalue weighted by Gasteiger charge is -2.36. The van der Waals surface area contributed by atoms with Crippen LogP contribution in [-0.2, 0) is 23.8 Å². The molecule has 0 radical (unpaired) electrons. The number of benzene rings is 2. The summed E-state index contributed by atoms with van der Waals surface area (Å²) in [6.07, 6.45) is 8.43. The molecule has 2 unspecified atom stereocenters. The average Bonchev–Trinajstić information content (AvgIpc) is 3.89. The van der Waals surface area contributed by atoms with Crippen LogP contribution < -0.4 is 15.4 Å². The summed E-state index contributed by atoms with van der Waals surface area (Å²) in [7, 11) is 1.56. The molecule has 6 rings (SSSR count). The van der Waals surface area contributed by atoms with E-state index in [9.17, 15) is 14.4 Å². The Morgan fingerprint density at radius 2 is 1.68 bits per heavy atom. The minimum Gasteiger partial charge on any atom is -0.491 e. The van der Waals surface area contributed by atoms with Crippen molar-refractivity contribution in [2.75, 3.05) is 53.1 Å². The molecule has 3 aliphatic rings. The zero-order chi connectivity index (χ0) is 39.7. The number of aromatic nitrogens is 1. The second kappa shape index (κ2) is 19.6. The Morgan fingerprint density at radius 1 is 0.946 bits per heavy atom. The van der Waals surface area contributed by atoms with Crippen LogP contribution in [-0.4, -0.2) is 110 Å². The summed E-state index contributed by atoms with van der Waals surface area (Å²) < 4.78 is 23.4. The van der Waals surface area contributed by atoms with Crippen LogP contribution in [0.1, 0.15) is 96.5 Å². The molecule has 3 aromatic rings. The van der Waals surface area contributed by atoms with Gasteiger partial charge in [0.2, 0.25) is 11.8 Å². The molecule has 2 aromatic carbocycles. The standard InChI is InChI=1S/C43H61N5O7S/c1-29(47(5)42(51)55-43(2,3)4)39(49)46-38(30-12-7-6-8-13-30)41(50)48-23-11-16-36(48)40-45-35(28-56-40)33-17-18-37(34-15-10-9-14-32(33)34)54-27-25-52-24-26-53-31-19-21-44-22-20-31/h9-10,14-15,17-18,28-31,36,38,44H,6-8,11-13,16,19-27H2,1-5H3,(H,46,49)/t29?,36-,38?/m0/s1.